The van der Waals surface area contributed by atoms with E-state index in [2.05, 4.69) is 0 Å². The van der Waals surface area contributed by atoms with Gasteiger partial charge in [0.05, 0.1) is 5.69 Å². The first-order valence-electron chi connectivity index (χ1n) is 7.21. The summed E-state index contributed by atoms with van der Waals surface area (Å²) in [6.07, 6.45) is 0. The molecule has 0 saturated carbocycles. The van der Waals surface area contributed by atoms with Crippen molar-refractivity contribution in [3.05, 3.63) is 58.4 Å². The summed E-state index contributed by atoms with van der Waals surface area (Å²) in [5.74, 6) is -0.0473. The van der Waals surface area contributed by atoms with E-state index in [4.69, 9.17) is 0 Å². The predicted octanol–water partition coefficient (Wildman–Crippen LogP) is 4.10. The molecule has 2 rings (SSSR count). The number of hydrogen-bond donors (Lipinski definition) is 0. The molecule has 0 aliphatic rings. The number of Topliss-reactive ketones (excluding diaryl/α,β-unsaturated/α-hetero) is 1. The highest BCUT2D eigenvalue weighted by atomic mass is 16.1. The zero-order valence-corrected chi connectivity index (χ0v) is 13.7. The Labute approximate surface area is 126 Å². The molecule has 0 radical (unpaired) electrons. The molecule has 1 aromatic heterocycles. The molecule has 0 aliphatic heterocycles. The van der Waals surface area contributed by atoms with Gasteiger partial charge in [0, 0.05) is 30.8 Å². The van der Waals surface area contributed by atoms with E-state index in [0.717, 1.165) is 11.3 Å². The molecule has 0 aliphatic carbocycles. The van der Waals surface area contributed by atoms with Gasteiger partial charge in [0.25, 0.3) is 0 Å². The third kappa shape index (κ3) is 3.13. The largest absolute Gasteiger partial charge is 0.345 e. The first-order valence-corrected chi connectivity index (χ1v) is 7.21. The molecule has 2 aromatic rings. The topological polar surface area (TPSA) is 39.1 Å². The average molecular weight is 285 g/mol. The molecule has 3 heteroatoms. The predicted molar refractivity (Wildman–Crippen MR) is 86.1 cm³/mol. The van der Waals surface area contributed by atoms with Crippen molar-refractivity contribution in [2.45, 2.75) is 34.6 Å². The van der Waals surface area contributed by atoms with Crippen molar-refractivity contribution >= 4 is 11.6 Å². The van der Waals surface area contributed by atoms with Crippen LogP contribution in [0.25, 0.3) is 0 Å². The second kappa shape index (κ2) is 7.02. The lowest BCUT2D eigenvalue weighted by Crippen LogP contribution is -2.04. The molecule has 0 bridgehead atoms. The summed E-state index contributed by atoms with van der Waals surface area (Å²) in [7, 11) is 1.82. The minimum Gasteiger partial charge on any atom is -0.345 e. The van der Waals surface area contributed by atoms with Gasteiger partial charge in [-0.3, -0.25) is 9.59 Å². The molecule has 0 saturated heterocycles. The number of carbonyl (C=O) groups is 2. The van der Waals surface area contributed by atoms with Gasteiger partial charge >= 0.3 is 0 Å². The fourth-order valence-electron chi connectivity index (χ4n) is 2.55. The van der Waals surface area contributed by atoms with Crippen LogP contribution in [-0.2, 0) is 7.05 Å². The SMILES string of the molecule is CC.CC(=O)c1c(C)c(C(=O)c2ccccc2)c(C)n1C. The molecule has 0 unspecified atom stereocenters. The number of hydrogen-bond acceptors (Lipinski definition) is 2. The number of aromatic nitrogens is 1. The third-order valence-corrected chi connectivity index (χ3v) is 3.53. The molecule has 0 fully saturated rings. The summed E-state index contributed by atoms with van der Waals surface area (Å²) < 4.78 is 1.80. The first-order chi connectivity index (χ1) is 9.95. The Bertz CT molecular complexity index is 652. The molecule has 1 heterocycles. The van der Waals surface area contributed by atoms with E-state index >= 15 is 0 Å². The smallest absolute Gasteiger partial charge is 0.195 e. The zero-order chi connectivity index (χ0) is 16.2. The van der Waals surface area contributed by atoms with Crippen molar-refractivity contribution in [3.8, 4) is 0 Å². The van der Waals surface area contributed by atoms with Gasteiger partial charge in [-0.1, -0.05) is 44.2 Å². The van der Waals surface area contributed by atoms with Crippen LogP contribution in [0.2, 0.25) is 0 Å². The second-order valence-corrected chi connectivity index (χ2v) is 4.74. The Morgan fingerprint density at radius 2 is 1.52 bits per heavy atom. The molecule has 112 valence electrons. The minimum absolute atomic E-state index is 0.0183. The number of rotatable bonds is 3. The fourth-order valence-corrected chi connectivity index (χ4v) is 2.55. The van der Waals surface area contributed by atoms with E-state index in [1.165, 1.54) is 6.92 Å². The molecule has 0 amide bonds. The van der Waals surface area contributed by atoms with Crippen molar-refractivity contribution in [3.63, 3.8) is 0 Å². The summed E-state index contributed by atoms with van der Waals surface area (Å²) in [6, 6.07) is 9.14. The first kappa shape index (κ1) is 16.9. The van der Waals surface area contributed by atoms with Crippen molar-refractivity contribution < 1.29 is 9.59 Å². The average Bonchev–Trinajstić information content (AvgIpc) is 2.71. The van der Waals surface area contributed by atoms with Crippen LogP contribution >= 0.6 is 0 Å². The maximum absolute atomic E-state index is 12.6. The van der Waals surface area contributed by atoms with E-state index in [-0.39, 0.29) is 11.6 Å². The maximum atomic E-state index is 12.6. The summed E-state index contributed by atoms with van der Waals surface area (Å²) in [4.78, 5) is 24.2. The van der Waals surface area contributed by atoms with E-state index < -0.39 is 0 Å². The monoisotopic (exact) mass is 285 g/mol. The lowest BCUT2D eigenvalue weighted by molar-refractivity contribution is 0.100. The Morgan fingerprint density at radius 1 is 1.00 bits per heavy atom. The normalized spacial score (nSPS) is 9.81. The van der Waals surface area contributed by atoms with Crippen LogP contribution in [0.4, 0.5) is 0 Å². The third-order valence-electron chi connectivity index (χ3n) is 3.53. The van der Waals surface area contributed by atoms with E-state index in [0.29, 0.717) is 16.8 Å². The van der Waals surface area contributed by atoms with Crippen molar-refractivity contribution in [1.82, 2.24) is 4.57 Å². The molecule has 1 aromatic carbocycles. The molecular formula is C18H23NO2. The molecular weight excluding hydrogens is 262 g/mol. The highest BCUT2D eigenvalue weighted by molar-refractivity contribution is 6.12. The van der Waals surface area contributed by atoms with Gasteiger partial charge in [-0.25, -0.2) is 0 Å². The fraction of sp³-hybridized carbons (Fsp3) is 0.333. The van der Waals surface area contributed by atoms with Crippen LogP contribution in [0.3, 0.4) is 0 Å². The Kier molecular flexibility index (Phi) is 5.65. The maximum Gasteiger partial charge on any atom is 0.195 e. The molecule has 0 atom stereocenters. The Morgan fingerprint density at radius 3 is 1.95 bits per heavy atom. The van der Waals surface area contributed by atoms with Gasteiger partial charge in [0.1, 0.15) is 0 Å². The molecule has 21 heavy (non-hydrogen) atoms. The van der Waals surface area contributed by atoms with Gasteiger partial charge in [-0.2, -0.15) is 0 Å². The Hall–Kier alpha value is -2.16. The lowest BCUT2D eigenvalue weighted by Gasteiger charge is -2.02. The van der Waals surface area contributed by atoms with Gasteiger partial charge < -0.3 is 4.57 Å². The van der Waals surface area contributed by atoms with E-state index in [1.54, 1.807) is 16.7 Å². The van der Waals surface area contributed by atoms with E-state index in [1.807, 2.05) is 52.9 Å². The number of ketones is 2. The zero-order valence-electron chi connectivity index (χ0n) is 13.7. The standard InChI is InChI=1S/C16H17NO2.C2H6/c1-10-14(11(2)17(4)15(10)12(3)18)16(19)13-8-6-5-7-9-13;1-2/h5-9H,1-4H3;1-2H3. The van der Waals surface area contributed by atoms with Crippen LogP contribution in [-0.4, -0.2) is 16.1 Å². The molecule has 0 N–H and O–H groups in total. The summed E-state index contributed by atoms with van der Waals surface area (Å²) in [5, 5.41) is 0. The van der Waals surface area contributed by atoms with Crippen molar-refractivity contribution in [1.29, 1.82) is 0 Å². The second-order valence-electron chi connectivity index (χ2n) is 4.74. The van der Waals surface area contributed by atoms with Crippen LogP contribution in [0.5, 0.6) is 0 Å². The number of carbonyl (C=O) groups excluding carboxylic acids is 2. The van der Waals surface area contributed by atoms with E-state index in [9.17, 15) is 9.59 Å². The number of benzene rings is 1. The van der Waals surface area contributed by atoms with Crippen molar-refractivity contribution in [2.75, 3.05) is 0 Å². The Balaban J connectivity index is 0.00000106. The van der Waals surface area contributed by atoms with Crippen LogP contribution in [0.15, 0.2) is 30.3 Å². The van der Waals surface area contributed by atoms with Crippen molar-refractivity contribution in [2.24, 2.45) is 7.05 Å². The summed E-state index contributed by atoms with van der Waals surface area (Å²) in [6.45, 7) is 9.23. The highest BCUT2D eigenvalue weighted by Gasteiger charge is 2.23. The quantitative estimate of drug-likeness (QED) is 0.796. The minimum atomic E-state index is -0.0290. The van der Waals surface area contributed by atoms with Gasteiger partial charge in [0.2, 0.25) is 0 Å². The molecule has 3 nitrogen and oxygen atoms in total. The summed E-state index contributed by atoms with van der Waals surface area (Å²) >= 11 is 0. The lowest BCUT2D eigenvalue weighted by atomic mass is 9.99. The van der Waals surface area contributed by atoms with Gasteiger partial charge in [0.15, 0.2) is 11.6 Å². The van der Waals surface area contributed by atoms with Gasteiger partial charge in [-0.05, 0) is 19.4 Å². The summed E-state index contributed by atoms with van der Waals surface area (Å²) in [5.41, 5.74) is 3.49. The highest BCUT2D eigenvalue weighted by Crippen LogP contribution is 2.24. The van der Waals surface area contributed by atoms with Crippen LogP contribution < -0.4 is 0 Å². The van der Waals surface area contributed by atoms with Gasteiger partial charge in [-0.15, -0.1) is 0 Å². The molecule has 0 spiro atoms. The number of nitrogens with zero attached hydrogens (tertiary/aromatic N) is 1. The van der Waals surface area contributed by atoms with Crippen LogP contribution in [0.1, 0.15) is 58.4 Å². The van der Waals surface area contributed by atoms with Crippen LogP contribution in [0, 0.1) is 13.8 Å².